The second-order valence-electron chi connectivity index (χ2n) is 9.11. The highest BCUT2D eigenvalue weighted by Gasteiger charge is 2.33. The van der Waals surface area contributed by atoms with Gasteiger partial charge in [-0.25, -0.2) is 14.5 Å². The largest absolute Gasteiger partial charge is 0.497 e. The molecule has 8 heteroatoms. The summed E-state index contributed by atoms with van der Waals surface area (Å²) in [4.78, 5) is 26.0. The van der Waals surface area contributed by atoms with Gasteiger partial charge in [-0.1, -0.05) is 42.5 Å². The Bertz CT molecular complexity index is 1480. The lowest BCUT2D eigenvalue weighted by molar-refractivity contribution is -0.136. The highest BCUT2D eigenvalue weighted by atomic mass is 16.5. The quantitative estimate of drug-likeness (QED) is 0.327. The van der Waals surface area contributed by atoms with Gasteiger partial charge in [-0.3, -0.25) is 4.79 Å². The van der Waals surface area contributed by atoms with E-state index in [1.807, 2.05) is 79.2 Å². The van der Waals surface area contributed by atoms with Crippen LogP contribution in [0.2, 0.25) is 0 Å². The standard InChI is InChI=1S/C30H28N4O4/c1-20-17-21(2)33(31-20)25-13-9-24(10-14-25)30(36)38-19-29(35)34-28(23-11-15-26(37-3)16-12-23)18-27(32-34)22-7-5-4-6-8-22/h4-17,28H,18-19H2,1-3H3. The molecule has 0 bridgehead atoms. The van der Waals surface area contributed by atoms with Crippen LogP contribution in [0.1, 0.15) is 45.3 Å². The fourth-order valence-electron chi connectivity index (χ4n) is 4.54. The van der Waals surface area contributed by atoms with Gasteiger partial charge in [0.25, 0.3) is 5.91 Å². The van der Waals surface area contributed by atoms with Crippen molar-refractivity contribution < 1.29 is 19.1 Å². The third-order valence-electron chi connectivity index (χ3n) is 6.46. The summed E-state index contributed by atoms with van der Waals surface area (Å²) in [5, 5.41) is 10.5. The number of aryl methyl sites for hydroxylation is 2. The molecule has 0 saturated carbocycles. The Morgan fingerprint density at radius 1 is 0.947 bits per heavy atom. The first-order valence-electron chi connectivity index (χ1n) is 12.3. The van der Waals surface area contributed by atoms with E-state index in [4.69, 9.17) is 9.47 Å². The zero-order chi connectivity index (χ0) is 26.6. The number of rotatable bonds is 7. The van der Waals surface area contributed by atoms with Crippen LogP contribution >= 0.6 is 0 Å². The van der Waals surface area contributed by atoms with Crippen LogP contribution in [0, 0.1) is 13.8 Å². The fourth-order valence-corrected chi connectivity index (χ4v) is 4.54. The third-order valence-corrected chi connectivity index (χ3v) is 6.46. The van der Waals surface area contributed by atoms with Crippen molar-refractivity contribution in [1.29, 1.82) is 0 Å². The molecule has 3 aromatic carbocycles. The molecule has 0 radical (unpaired) electrons. The molecule has 1 amide bonds. The molecule has 1 aliphatic rings. The molecule has 0 N–H and O–H groups in total. The van der Waals surface area contributed by atoms with E-state index < -0.39 is 18.5 Å². The molecule has 38 heavy (non-hydrogen) atoms. The number of carbonyl (C=O) groups excluding carboxylic acids is 2. The molecule has 0 fully saturated rings. The number of esters is 1. The second-order valence-corrected chi connectivity index (χ2v) is 9.11. The van der Waals surface area contributed by atoms with E-state index in [2.05, 4.69) is 10.2 Å². The molecule has 1 atom stereocenters. The zero-order valence-electron chi connectivity index (χ0n) is 21.5. The Balaban J connectivity index is 1.30. The Kier molecular flexibility index (Phi) is 7.04. The van der Waals surface area contributed by atoms with Crippen molar-refractivity contribution in [1.82, 2.24) is 14.8 Å². The number of nitrogens with zero attached hydrogens (tertiary/aromatic N) is 4. The van der Waals surface area contributed by atoms with Gasteiger partial charge in [-0.15, -0.1) is 0 Å². The SMILES string of the molecule is COc1ccc(C2CC(c3ccccc3)=NN2C(=O)COC(=O)c2ccc(-n3nc(C)cc3C)cc2)cc1. The average Bonchev–Trinajstić information content (AvgIpc) is 3.55. The van der Waals surface area contributed by atoms with E-state index in [-0.39, 0.29) is 6.04 Å². The number of hydrogen-bond donors (Lipinski definition) is 0. The molecular weight excluding hydrogens is 480 g/mol. The van der Waals surface area contributed by atoms with Crippen molar-refractivity contribution in [3.63, 3.8) is 0 Å². The lowest BCUT2D eigenvalue weighted by Crippen LogP contribution is -2.31. The number of ether oxygens (including phenoxy) is 2. The van der Waals surface area contributed by atoms with E-state index in [9.17, 15) is 9.59 Å². The summed E-state index contributed by atoms with van der Waals surface area (Å²) in [6, 6.07) is 25.9. The van der Waals surface area contributed by atoms with Crippen molar-refractivity contribution in [2.24, 2.45) is 5.10 Å². The van der Waals surface area contributed by atoms with E-state index in [0.717, 1.165) is 39.7 Å². The highest BCUT2D eigenvalue weighted by molar-refractivity contribution is 6.03. The van der Waals surface area contributed by atoms with E-state index >= 15 is 0 Å². The molecule has 1 aromatic heterocycles. The number of benzene rings is 3. The van der Waals surface area contributed by atoms with Gasteiger partial charge in [-0.05, 0) is 67.4 Å². The van der Waals surface area contributed by atoms with Crippen molar-refractivity contribution >= 4 is 17.6 Å². The maximum atomic E-state index is 13.2. The van der Waals surface area contributed by atoms with Gasteiger partial charge in [0.05, 0.1) is 35.8 Å². The van der Waals surface area contributed by atoms with Crippen LogP contribution in [0.5, 0.6) is 5.75 Å². The summed E-state index contributed by atoms with van der Waals surface area (Å²) >= 11 is 0. The van der Waals surface area contributed by atoms with Gasteiger partial charge in [0, 0.05) is 12.1 Å². The molecule has 2 heterocycles. The Hall–Kier alpha value is -4.72. The summed E-state index contributed by atoms with van der Waals surface area (Å²) in [6.07, 6.45) is 0.545. The molecule has 0 aliphatic carbocycles. The topological polar surface area (TPSA) is 86.0 Å². The lowest BCUT2D eigenvalue weighted by Gasteiger charge is -2.22. The molecule has 4 aromatic rings. The normalized spacial score (nSPS) is 14.8. The van der Waals surface area contributed by atoms with Crippen LogP contribution in [0.15, 0.2) is 90.0 Å². The molecule has 0 spiro atoms. The number of hydrogen-bond acceptors (Lipinski definition) is 6. The van der Waals surface area contributed by atoms with E-state index in [0.29, 0.717) is 12.0 Å². The Labute approximate surface area is 221 Å². The minimum atomic E-state index is -0.578. The molecule has 5 rings (SSSR count). The van der Waals surface area contributed by atoms with Crippen molar-refractivity contribution in [2.75, 3.05) is 13.7 Å². The predicted molar refractivity (Wildman–Crippen MR) is 143 cm³/mol. The molecule has 1 aliphatic heterocycles. The van der Waals surface area contributed by atoms with Crippen LogP contribution < -0.4 is 4.74 Å². The Morgan fingerprint density at radius 2 is 1.66 bits per heavy atom. The second kappa shape index (κ2) is 10.7. The van der Waals surface area contributed by atoms with E-state index in [1.165, 1.54) is 5.01 Å². The maximum absolute atomic E-state index is 13.2. The molecule has 192 valence electrons. The third kappa shape index (κ3) is 5.20. The molecule has 8 nitrogen and oxygen atoms in total. The summed E-state index contributed by atoms with van der Waals surface area (Å²) in [6.45, 7) is 3.48. The van der Waals surface area contributed by atoms with Crippen molar-refractivity contribution in [2.45, 2.75) is 26.3 Å². The van der Waals surface area contributed by atoms with Crippen molar-refractivity contribution in [3.8, 4) is 11.4 Å². The first kappa shape index (κ1) is 25.0. The number of amides is 1. The summed E-state index contributed by atoms with van der Waals surface area (Å²) in [7, 11) is 1.61. The van der Waals surface area contributed by atoms with Crippen molar-refractivity contribution in [3.05, 3.63) is 113 Å². The van der Waals surface area contributed by atoms with Crippen LogP contribution in [-0.4, -0.2) is 46.1 Å². The van der Waals surface area contributed by atoms with Crippen LogP contribution in [-0.2, 0) is 9.53 Å². The van der Waals surface area contributed by atoms with Gasteiger partial charge in [-0.2, -0.15) is 10.2 Å². The minimum Gasteiger partial charge on any atom is -0.497 e. The summed E-state index contributed by atoms with van der Waals surface area (Å²) < 4.78 is 12.5. The first-order chi connectivity index (χ1) is 18.4. The number of hydrazone groups is 1. The number of carbonyl (C=O) groups is 2. The predicted octanol–water partition coefficient (Wildman–Crippen LogP) is 5.03. The first-order valence-corrected chi connectivity index (χ1v) is 12.3. The summed E-state index contributed by atoms with van der Waals surface area (Å²) in [5.41, 5.74) is 5.76. The van der Waals surface area contributed by atoms with Gasteiger partial charge < -0.3 is 9.47 Å². The van der Waals surface area contributed by atoms with Crippen LogP contribution in [0.25, 0.3) is 5.69 Å². The molecule has 1 unspecified atom stereocenters. The van der Waals surface area contributed by atoms with Crippen LogP contribution in [0.4, 0.5) is 0 Å². The number of methoxy groups -OCH3 is 1. The fraction of sp³-hybridized carbons (Fsp3) is 0.200. The highest BCUT2D eigenvalue weighted by Crippen LogP contribution is 2.33. The lowest BCUT2D eigenvalue weighted by atomic mass is 9.98. The molecular formula is C30H28N4O4. The van der Waals surface area contributed by atoms with E-state index in [1.54, 1.807) is 31.4 Å². The number of aromatic nitrogens is 2. The summed E-state index contributed by atoms with van der Waals surface area (Å²) in [5.74, 6) is -0.248. The van der Waals surface area contributed by atoms with Gasteiger partial charge in [0.15, 0.2) is 6.61 Å². The average molecular weight is 509 g/mol. The maximum Gasteiger partial charge on any atom is 0.338 e. The minimum absolute atomic E-state index is 0.317. The Morgan fingerprint density at radius 3 is 2.29 bits per heavy atom. The molecule has 0 saturated heterocycles. The zero-order valence-corrected chi connectivity index (χ0v) is 21.5. The van der Waals surface area contributed by atoms with Gasteiger partial charge >= 0.3 is 5.97 Å². The monoisotopic (exact) mass is 508 g/mol. The van der Waals surface area contributed by atoms with Gasteiger partial charge in [0.1, 0.15) is 5.75 Å². The van der Waals surface area contributed by atoms with Gasteiger partial charge in [0.2, 0.25) is 0 Å². The van der Waals surface area contributed by atoms with Crippen LogP contribution in [0.3, 0.4) is 0 Å². The smallest absolute Gasteiger partial charge is 0.338 e.